The number of hydrogen-bond donors (Lipinski definition) is 0. The summed E-state index contributed by atoms with van der Waals surface area (Å²) in [5.41, 5.74) is 1.49. The molecule has 2 aromatic rings. The Hall–Kier alpha value is -1.82. The number of esters is 1. The Morgan fingerprint density at radius 2 is 2.11 bits per heavy atom. The fraction of sp³-hybridized carbons (Fsp3) is 0.231. The van der Waals surface area contributed by atoms with Crippen molar-refractivity contribution in [2.24, 2.45) is 0 Å². The van der Waals surface area contributed by atoms with Crippen molar-refractivity contribution in [3.8, 4) is 17.0 Å². The zero-order chi connectivity index (χ0) is 14.0. The van der Waals surface area contributed by atoms with Crippen LogP contribution in [0, 0.1) is 6.92 Å². The predicted octanol–water partition coefficient (Wildman–Crippen LogP) is 3.21. The van der Waals surface area contributed by atoms with Gasteiger partial charge in [-0.2, -0.15) is 0 Å². The van der Waals surface area contributed by atoms with Crippen molar-refractivity contribution in [1.29, 1.82) is 0 Å². The molecule has 0 radical (unpaired) electrons. The number of carbonyl (C=O) groups excluding carboxylic acids is 1. The first kappa shape index (κ1) is 13.6. The van der Waals surface area contributed by atoms with E-state index in [1.54, 1.807) is 20.1 Å². The maximum Gasteiger partial charge on any atom is 0.343 e. The Kier molecular flexibility index (Phi) is 3.90. The van der Waals surface area contributed by atoms with Gasteiger partial charge in [-0.05, 0) is 35.0 Å². The highest BCUT2D eigenvalue weighted by Gasteiger charge is 2.22. The second-order valence-electron chi connectivity index (χ2n) is 3.80. The molecule has 0 N–H and O–H groups in total. The number of ether oxygens (including phenoxy) is 2. The van der Waals surface area contributed by atoms with Crippen molar-refractivity contribution in [3.05, 3.63) is 34.0 Å². The van der Waals surface area contributed by atoms with Gasteiger partial charge in [-0.25, -0.2) is 4.79 Å². The first-order valence-electron chi connectivity index (χ1n) is 5.47. The second kappa shape index (κ2) is 5.44. The van der Waals surface area contributed by atoms with Gasteiger partial charge in [0.25, 0.3) is 0 Å². The number of rotatable bonds is 3. The maximum atomic E-state index is 11.7. The predicted molar refractivity (Wildman–Crippen MR) is 72.3 cm³/mol. The molecule has 6 heteroatoms. The van der Waals surface area contributed by atoms with E-state index in [1.165, 1.54) is 7.11 Å². The topological polar surface area (TPSA) is 61.6 Å². The third-order valence-corrected chi connectivity index (χ3v) is 3.33. The summed E-state index contributed by atoms with van der Waals surface area (Å²) in [4.78, 5) is 11.7. The lowest BCUT2D eigenvalue weighted by atomic mass is 10.1. The summed E-state index contributed by atoms with van der Waals surface area (Å²) in [6, 6.07) is 5.41. The van der Waals surface area contributed by atoms with Crippen molar-refractivity contribution in [2.75, 3.05) is 14.2 Å². The summed E-state index contributed by atoms with van der Waals surface area (Å²) in [5, 5.41) is 3.91. The Balaban J connectivity index is 2.56. The monoisotopic (exact) mass is 325 g/mol. The first-order valence-corrected chi connectivity index (χ1v) is 6.26. The molecule has 5 nitrogen and oxygen atoms in total. The van der Waals surface area contributed by atoms with Crippen LogP contribution in [0.1, 0.15) is 16.1 Å². The lowest BCUT2D eigenvalue weighted by Crippen LogP contribution is -2.03. The molecule has 2 rings (SSSR count). The third kappa shape index (κ3) is 2.49. The minimum atomic E-state index is -0.476. The lowest BCUT2D eigenvalue weighted by molar-refractivity contribution is 0.0599. The summed E-state index contributed by atoms with van der Waals surface area (Å²) in [6.45, 7) is 1.67. The van der Waals surface area contributed by atoms with Crippen LogP contribution < -0.4 is 4.74 Å². The molecule has 0 saturated heterocycles. The molecule has 0 fully saturated rings. The number of carbonyl (C=O) groups is 1. The Morgan fingerprint density at radius 1 is 1.37 bits per heavy atom. The average molecular weight is 326 g/mol. The zero-order valence-electron chi connectivity index (χ0n) is 10.7. The van der Waals surface area contributed by atoms with Gasteiger partial charge in [0.1, 0.15) is 22.8 Å². The number of nitrogens with zero attached hydrogens (tertiary/aromatic N) is 1. The van der Waals surface area contributed by atoms with E-state index in [2.05, 4.69) is 21.1 Å². The SMILES string of the molecule is COC(=O)c1c(-c2ccc(Br)c(OC)c2)noc1C. The van der Waals surface area contributed by atoms with Crippen molar-refractivity contribution in [2.45, 2.75) is 6.92 Å². The molecule has 0 amide bonds. The highest BCUT2D eigenvalue weighted by Crippen LogP contribution is 2.32. The molecule has 0 atom stereocenters. The number of methoxy groups -OCH3 is 2. The fourth-order valence-corrected chi connectivity index (χ4v) is 2.13. The summed E-state index contributed by atoms with van der Waals surface area (Å²) in [6.07, 6.45) is 0. The van der Waals surface area contributed by atoms with Crippen LogP contribution in [0.25, 0.3) is 11.3 Å². The minimum Gasteiger partial charge on any atom is -0.496 e. The van der Waals surface area contributed by atoms with Gasteiger partial charge in [-0.1, -0.05) is 11.2 Å². The van der Waals surface area contributed by atoms with Gasteiger partial charge in [0.05, 0.1) is 18.7 Å². The Morgan fingerprint density at radius 3 is 2.74 bits per heavy atom. The standard InChI is InChI=1S/C13H12BrNO4/c1-7-11(13(16)18-3)12(15-19-7)8-4-5-9(14)10(6-8)17-2/h4-6H,1-3H3. The van der Waals surface area contributed by atoms with E-state index in [4.69, 9.17) is 14.0 Å². The van der Waals surface area contributed by atoms with Crippen LogP contribution >= 0.6 is 15.9 Å². The molecule has 0 aliphatic rings. The molecule has 0 aliphatic carbocycles. The normalized spacial score (nSPS) is 10.3. The largest absolute Gasteiger partial charge is 0.496 e. The van der Waals surface area contributed by atoms with Crippen LogP contribution in [-0.4, -0.2) is 25.3 Å². The molecular weight excluding hydrogens is 314 g/mol. The van der Waals surface area contributed by atoms with Crippen LogP contribution in [0.2, 0.25) is 0 Å². The lowest BCUT2D eigenvalue weighted by Gasteiger charge is -2.06. The molecule has 1 heterocycles. The van der Waals surface area contributed by atoms with Crippen LogP contribution in [0.15, 0.2) is 27.2 Å². The minimum absolute atomic E-state index is 0.326. The second-order valence-corrected chi connectivity index (χ2v) is 4.66. The van der Waals surface area contributed by atoms with Gasteiger partial charge in [0.2, 0.25) is 0 Å². The van der Waals surface area contributed by atoms with E-state index in [1.807, 2.05) is 12.1 Å². The van der Waals surface area contributed by atoms with E-state index in [9.17, 15) is 4.79 Å². The van der Waals surface area contributed by atoms with E-state index in [0.717, 1.165) is 10.0 Å². The number of aromatic nitrogens is 1. The molecule has 0 unspecified atom stereocenters. The molecule has 0 saturated carbocycles. The van der Waals surface area contributed by atoms with Gasteiger partial charge in [0.15, 0.2) is 0 Å². The first-order chi connectivity index (χ1) is 9.08. The number of halogens is 1. The van der Waals surface area contributed by atoms with Crippen molar-refractivity contribution in [1.82, 2.24) is 5.16 Å². The molecular formula is C13H12BrNO4. The quantitative estimate of drug-likeness (QED) is 0.811. The molecule has 1 aromatic carbocycles. The number of aryl methyl sites for hydroxylation is 1. The summed E-state index contributed by atoms with van der Waals surface area (Å²) >= 11 is 3.37. The fourth-order valence-electron chi connectivity index (χ4n) is 1.72. The summed E-state index contributed by atoms with van der Waals surface area (Å²) in [5.74, 6) is 0.591. The summed E-state index contributed by atoms with van der Waals surface area (Å²) in [7, 11) is 2.89. The number of benzene rings is 1. The highest BCUT2D eigenvalue weighted by molar-refractivity contribution is 9.10. The molecule has 19 heavy (non-hydrogen) atoms. The van der Waals surface area contributed by atoms with Crippen molar-refractivity contribution < 1.29 is 18.8 Å². The van der Waals surface area contributed by atoms with Crippen LogP contribution in [0.5, 0.6) is 5.75 Å². The van der Waals surface area contributed by atoms with Crippen molar-refractivity contribution >= 4 is 21.9 Å². The van der Waals surface area contributed by atoms with E-state index in [-0.39, 0.29) is 0 Å². The van der Waals surface area contributed by atoms with E-state index < -0.39 is 5.97 Å². The number of hydrogen-bond acceptors (Lipinski definition) is 5. The third-order valence-electron chi connectivity index (χ3n) is 2.68. The average Bonchev–Trinajstić information content (AvgIpc) is 2.80. The highest BCUT2D eigenvalue weighted by atomic mass is 79.9. The van der Waals surface area contributed by atoms with Gasteiger partial charge >= 0.3 is 5.97 Å². The Bertz CT molecular complexity index is 621. The van der Waals surface area contributed by atoms with E-state index in [0.29, 0.717) is 22.8 Å². The van der Waals surface area contributed by atoms with Crippen LogP contribution in [-0.2, 0) is 4.74 Å². The molecule has 1 aromatic heterocycles. The Labute approximate surface area is 118 Å². The van der Waals surface area contributed by atoms with Gasteiger partial charge < -0.3 is 14.0 Å². The summed E-state index contributed by atoms with van der Waals surface area (Å²) < 4.78 is 15.8. The zero-order valence-corrected chi connectivity index (χ0v) is 12.3. The van der Waals surface area contributed by atoms with Gasteiger partial charge in [-0.3, -0.25) is 0 Å². The van der Waals surface area contributed by atoms with E-state index >= 15 is 0 Å². The van der Waals surface area contributed by atoms with Gasteiger partial charge in [-0.15, -0.1) is 0 Å². The molecule has 0 bridgehead atoms. The van der Waals surface area contributed by atoms with Gasteiger partial charge in [0, 0.05) is 5.56 Å². The smallest absolute Gasteiger partial charge is 0.343 e. The maximum absolute atomic E-state index is 11.7. The molecule has 0 aliphatic heterocycles. The van der Waals surface area contributed by atoms with Crippen LogP contribution in [0.4, 0.5) is 0 Å². The molecule has 0 spiro atoms. The molecule has 100 valence electrons. The van der Waals surface area contributed by atoms with Crippen LogP contribution in [0.3, 0.4) is 0 Å². The van der Waals surface area contributed by atoms with Crippen molar-refractivity contribution in [3.63, 3.8) is 0 Å².